The van der Waals surface area contributed by atoms with Crippen molar-refractivity contribution in [3.63, 3.8) is 0 Å². The number of benzene rings is 1. The van der Waals surface area contributed by atoms with Gasteiger partial charge in [-0.25, -0.2) is 4.98 Å². The highest BCUT2D eigenvalue weighted by Crippen LogP contribution is 2.28. The molecule has 0 unspecified atom stereocenters. The fraction of sp³-hybridized carbons (Fsp3) is 0. The summed E-state index contributed by atoms with van der Waals surface area (Å²) in [4.78, 5) is 15.6. The summed E-state index contributed by atoms with van der Waals surface area (Å²) in [5, 5.41) is 28.7. The molecule has 0 atom stereocenters. The zero-order valence-electron chi connectivity index (χ0n) is 11.5. The topological polar surface area (TPSA) is 101 Å². The number of hydrogen-bond acceptors (Lipinski definition) is 8. The lowest BCUT2D eigenvalue weighted by Crippen LogP contribution is -1.93. The van der Waals surface area contributed by atoms with Crippen molar-refractivity contribution in [2.75, 3.05) is 5.43 Å². The molecule has 0 aliphatic rings. The van der Waals surface area contributed by atoms with Gasteiger partial charge in [-0.1, -0.05) is 6.07 Å². The zero-order valence-corrected chi connectivity index (χ0v) is 13.2. The summed E-state index contributed by atoms with van der Waals surface area (Å²) in [5.74, 6) is -0.374. The molecule has 116 valence electrons. The van der Waals surface area contributed by atoms with Gasteiger partial charge >= 0.3 is 5.69 Å². The molecular formula is C14H10N4O3S2. The minimum atomic E-state index is -0.645. The van der Waals surface area contributed by atoms with Gasteiger partial charge in [0.05, 0.1) is 21.7 Å². The van der Waals surface area contributed by atoms with Crippen LogP contribution in [0.3, 0.4) is 0 Å². The number of nitro benzene ring substituents is 1. The Kier molecular flexibility index (Phi) is 4.31. The van der Waals surface area contributed by atoms with E-state index in [0.29, 0.717) is 10.7 Å². The molecule has 0 radical (unpaired) electrons. The Labute approximate surface area is 138 Å². The molecule has 2 aromatic heterocycles. The molecule has 7 nitrogen and oxygen atoms in total. The van der Waals surface area contributed by atoms with Gasteiger partial charge in [-0.05, 0) is 23.6 Å². The van der Waals surface area contributed by atoms with Crippen molar-refractivity contribution in [3.8, 4) is 16.3 Å². The highest BCUT2D eigenvalue weighted by molar-refractivity contribution is 7.15. The summed E-state index contributed by atoms with van der Waals surface area (Å²) in [6, 6.07) is 7.99. The van der Waals surface area contributed by atoms with Crippen LogP contribution < -0.4 is 5.43 Å². The molecule has 0 aliphatic heterocycles. The van der Waals surface area contributed by atoms with Gasteiger partial charge in [0.25, 0.3) is 0 Å². The average molecular weight is 346 g/mol. The van der Waals surface area contributed by atoms with E-state index in [-0.39, 0.29) is 11.4 Å². The molecular weight excluding hydrogens is 336 g/mol. The Morgan fingerprint density at radius 1 is 1.35 bits per heavy atom. The van der Waals surface area contributed by atoms with E-state index < -0.39 is 4.92 Å². The Balaban J connectivity index is 1.70. The van der Waals surface area contributed by atoms with Gasteiger partial charge in [-0.15, -0.1) is 22.7 Å². The Bertz CT molecular complexity index is 859. The molecule has 23 heavy (non-hydrogen) atoms. The van der Waals surface area contributed by atoms with Crippen molar-refractivity contribution in [3.05, 3.63) is 56.8 Å². The maximum Gasteiger partial charge on any atom is 0.311 e. The van der Waals surface area contributed by atoms with Gasteiger partial charge in [-0.2, -0.15) is 5.10 Å². The van der Waals surface area contributed by atoms with Crippen molar-refractivity contribution in [2.45, 2.75) is 0 Å². The lowest BCUT2D eigenvalue weighted by atomic mass is 10.2. The van der Waals surface area contributed by atoms with Gasteiger partial charge in [0.1, 0.15) is 0 Å². The number of rotatable bonds is 5. The van der Waals surface area contributed by atoms with Crippen molar-refractivity contribution >= 4 is 39.7 Å². The SMILES string of the molecule is O=[N+]([O-])c1cc(/C=N\Nc2nc(-c3cccs3)cs2)ccc1O. The molecule has 0 saturated heterocycles. The summed E-state index contributed by atoms with van der Waals surface area (Å²) in [6.07, 6.45) is 1.43. The lowest BCUT2D eigenvalue weighted by Gasteiger charge is -1.97. The molecule has 0 spiro atoms. The van der Waals surface area contributed by atoms with E-state index in [0.717, 1.165) is 10.6 Å². The van der Waals surface area contributed by atoms with Crippen LogP contribution in [0.5, 0.6) is 5.75 Å². The van der Waals surface area contributed by atoms with Crippen LogP contribution in [-0.2, 0) is 0 Å². The van der Waals surface area contributed by atoms with Gasteiger partial charge in [0.2, 0.25) is 5.13 Å². The second-order valence-corrected chi connectivity index (χ2v) is 6.20. The van der Waals surface area contributed by atoms with Gasteiger partial charge in [0.15, 0.2) is 5.75 Å². The molecule has 0 fully saturated rings. The smallest absolute Gasteiger partial charge is 0.311 e. The summed E-state index contributed by atoms with van der Waals surface area (Å²) >= 11 is 3.02. The Morgan fingerprint density at radius 2 is 2.22 bits per heavy atom. The molecule has 0 aliphatic carbocycles. The average Bonchev–Trinajstić information content (AvgIpc) is 3.19. The molecule has 3 rings (SSSR count). The molecule has 0 saturated carbocycles. The highest BCUT2D eigenvalue weighted by atomic mass is 32.1. The number of thiophene rings is 1. The number of thiazole rings is 1. The van der Waals surface area contributed by atoms with Gasteiger partial charge in [0, 0.05) is 17.0 Å². The van der Waals surface area contributed by atoms with E-state index in [1.165, 1.54) is 35.8 Å². The second-order valence-electron chi connectivity index (χ2n) is 4.39. The number of nitrogens with one attached hydrogen (secondary N) is 1. The number of hydrazone groups is 1. The van der Waals surface area contributed by atoms with Gasteiger partial charge < -0.3 is 5.11 Å². The number of anilines is 1. The molecule has 1 aromatic carbocycles. The van der Waals surface area contributed by atoms with Crippen LogP contribution in [0.4, 0.5) is 10.8 Å². The van der Waals surface area contributed by atoms with E-state index >= 15 is 0 Å². The van der Waals surface area contributed by atoms with Crippen LogP contribution in [-0.4, -0.2) is 21.2 Å². The van der Waals surface area contributed by atoms with E-state index in [9.17, 15) is 15.2 Å². The highest BCUT2D eigenvalue weighted by Gasteiger charge is 2.12. The fourth-order valence-corrected chi connectivity index (χ4v) is 3.21. The number of aromatic nitrogens is 1. The predicted octanol–water partition coefficient (Wildman–Crippen LogP) is 3.93. The first-order valence-electron chi connectivity index (χ1n) is 6.39. The summed E-state index contributed by atoms with van der Waals surface area (Å²) in [6.45, 7) is 0. The number of nitrogens with zero attached hydrogens (tertiary/aromatic N) is 3. The zero-order chi connectivity index (χ0) is 16.2. The second kappa shape index (κ2) is 6.55. The maximum atomic E-state index is 10.8. The largest absolute Gasteiger partial charge is 0.502 e. The normalized spacial score (nSPS) is 11.0. The van der Waals surface area contributed by atoms with Crippen molar-refractivity contribution in [1.82, 2.24) is 4.98 Å². The molecule has 2 heterocycles. The minimum Gasteiger partial charge on any atom is -0.502 e. The standard InChI is InChI=1S/C14H10N4O3S2/c19-12-4-3-9(6-11(12)18(20)21)7-15-17-14-16-10(8-23-14)13-2-1-5-22-13/h1-8,19H,(H,16,17)/b15-7-. The van der Waals surface area contributed by atoms with Crippen LogP contribution in [0, 0.1) is 10.1 Å². The monoisotopic (exact) mass is 346 g/mol. The first kappa shape index (κ1) is 15.1. The van der Waals surface area contributed by atoms with E-state index in [4.69, 9.17) is 0 Å². The molecule has 0 bridgehead atoms. The van der Waals surface area contributed by atoms with E-state index in [2.05, 4.69) is 15.5 Å². The van der Waals surface area contributed by atoms with Crippen LogP contribution in [0.15, 0.2) is 46.2 Å². The third-order valence-electron chi connectivity index (χ3n) is 2.85. The maximum absolute atomic E-state index is 10.8. The fourth-order valence-electron chi connectivity index (χ4n) is 1.79. The van der Waals surface area contributed by atoms with Crippen LogP contribution in [0.1, 0.15) is 5.56 Å². The van der Waals surface area contributed by atoms with Gasteiger partial charge in [-0.3, -0.25) is 15.5 Å². The first-order chi connectivity index (χ1) is 11.1. The number of hydrogen-bond donors (Lipinski definition) is 2. The molecule has 0 amide bonds. The molecule has 9 heteroatoms. The lowest BCUT2D eigenvalue weighted by molar-refractivity contribution is -0.385. The third kappa shape index (κ3) is 3.52. The van der Waals surface area contributed by atoms with Crippen LogP contribution >= 0.6 is 22.7 Å². The van der Waals surface area contributed by atoms with E-state index in [1.807, 2.05) is 22.9 Å². The van der Waals surface area contributed by atoms with Crippen molar-refractivity contribution in [1.29, 1.82) is 0 Å². The number of aromatic hydroxyl groups is 1. The quantitative estimate of drug-likeness (QED) is 0.414. The summed E-state index contributed by atoms with van der Waals surface area (Å²) < 4.78 is 0. The number of phenols is 1. The number of phenolic OH excluding ortho intramolecular Hbond substituents is 1. The Morgan fingerprint density at radius 3 is 2.96 bits per heavy atom. The van der Waals surface area contributed by atoms with Crippen molar-refractivity contribution in [2.24, 2.45) is 5.10 Å². The minimum absolute atomic E-state index is 0.358. The third-order valence-corrected chi connectivity index (χ3v) is 4.49. The molecule has 3 aromatic rings. The van der Waals surface area contributed by atoms with Crippen molar-refractivity contribution < 1.29 is 10.0 Å². The summed E-state index contributed by atoms with van der Waals surface area (Å²) in [5.41, 5.74) is 3.80. The molecule has 2 N–H and O–H groups in total. The Hall–Kier alpha value is -2.78. The number of nitro groups is 1. The summed E-state index contributed by atoms with van der Waals surface area (Å²) in [7, 11) is 0. The predicted molar refractivity (Wildman–Crippen MR) is 91.4 cm³/mol. The van der Waals surface area contributed by atoms with E-state index in [1.54, 1.807) is 11.3 Å². The van der Waals surface area contributed by atoms with Crippen LogP contribution in [0.25, 0.3) is 10.6 Å². The van der Waals surface area contributed by atoms with Crippen LogP contribution in [0.2, 0.25) is 0 Å². The first-order valence-corrected chi connectivity index (χ1v) is 8.15.